The number of benzene rings is 1. The summed E-state index contributed by atoms with van der Waals surface area (Å²) in [5.74, 6) is 0.958. The van der Waals surface area contributed by atoms with Crippen LogP contribution in [0.5, 0.6) is 0 Å². The summed E-state index contributed by atoms with van der Waals surface area (Å²) in [6.07, 6.45) is 1.98. The van der Waals surface area contributed by atoms with Crippen molar-refractivity contribution < 1.29 is 14.1 Å². The maximum Gasteiger partial charge on any atom is 0.293 e. The second kappa shape index (κ2) is 8.32. The number of rotatable bonds is 5. The zero-order valence-corrected chi connectivity index (χ0v) is 16.6. The Morgan fingerprint density at radius 2 is 1.93 bits per heavy atom. The zero-order valence-electron chi connectivity index (χ0n) is 16.6. The highest BCUT2D eigenvalue weighted by molar-refractivity contribution is 5.92. The molecule has 1 aromatic carbocycles. The Hall–Kier alpha value is -2.38. The van der Waals surface area contributed by atoms with Gasteiger partial charge in [0.05, 0.1) is 19.3 Å². The molecule has 2 aliphatic rings. The molecular formula is C21H28N4O3. The first-order valence-electron chi connectivity index (χ1n) is 9.96. The normalized spacial score (nSPS) is 20.2. The van der Waals surface area contributed by atoms with Crippen LogP contribution in [-0.4, -0.2) is 67.8 Å². The van der Waals surface area contributed by atoms with Gasteiger partial charge in [0.25, 0.3) is 5.91 Å². The van der Waals surface area contributed by atoms with Gasteiger partial charge < -0.3 is 24.0 Å². The maximum absolute atomic E-state index is 13.1. The van der Waals surface area contributed by atoms with Crippen molar-refractivity contribution in [3.63, 3.8) is 0 Å². The number of hydrogen-bond donors (Lipinski definition) is 0. The first kappa shape index (κ1) is 19.0. The summed E-state index contributed by atoms with van der Waals surface area (Å²) < 4.78 is 10.8. The fourth-order valence-electron chi connectivity index (χ4n) is 4.02. The molecule has 3 heterocycles. The molecule has 0 aliphatic carbocycles. The SMILES string of the molecule is CN(C)Cc1ccc(C2CCCN2C(=O)c2cc(N3CCOCC3)no2)cc1. The molecule has 1 aromatic heterocycles. The van der Waals surface area contributed by atoms with Gasteiger partial charge in [0.15, 0.2) is 5.82 Å². The van der Waals surface area contributed by atoms with Gasteiger partial charge in [-0.3, -0.25) is 4.79 Å². The molecule has 2 aromatic rings. The molecule has 0 bridgehead atoms. The van der Waals surface area contributed by atoms with Gasteiger partial charge in [-0.1, -0.05) is 29.4 Å². The predicted molar refractivity (Wildman–Crippen MR) is 106 cm³/mol. The fraction of sp³-hybridized carbons (Fsp3) is 0.524. The van der Waals surface area contributed by atoms with Crippen molar-refractivity contribution in [1.29, 1.82) is 0 Å². The van der Waals surface area contributed by atoms with Crippen LogP contribution in [0.4, 0.5) is 5.82 Å². The van der Waals surface area contributed by atoms with Crippen molar-refractivity contribution in [3.8, 4) is 0 Å². The highest BCUT2D eigenvalue weighted by Gasteiger charge is 2.33. The van der Waals surface area contributed by atoms with E-state index in [0.29, 0.717) is 19.0 Å². The average Bonchev–Trinajstić information content (AvgIpc) is 3.38. The fourth-order valence-corrected chi connectivity index (χ4v) is 4.02. The molecule has 150 valence electrons. The summed E-state index contributed by atoms with van der Waals surface area (Å²) in [6, 6.07) is 10.5. The molecule has 0 radical (unpaired) electrons. The van der Waals surface area contributed by atoms with Crippen molar-refractivity contribution in [2.45, 2.75) is 25.4 Å². The summed E-state index contributed by atoms with van der Waals surface area (Å²) in [4.78, 5) is 19.2. The quantitative estimate of drug-likeness (QED) is 0.790. The number of ether oxygens (including phenoxy) is 1. The molecular weight excluding hydrogens is 356 g/mol. The molecule has 2 saturated heterocycles. The monoisotopic (exact) mass is 384 g/mol. The van der Waals surface area contributed by atoms with E-state index in [0.717, 1.165) is 44.8 Å². The minimum Gasteiger partial charge on any atom is -0.378 e. The smallest absolute Gasteiger partial charge is 0.293 e. The van der Waals surface area contributed by atoms with E-state index < -0.39 is 0 Å². The van der Waals surface area contributed by atoms with Gasteiger partial charge in [0.1, 0.15) is 0 Å². The van der Waals surface area contributed by atoms with E-state index in [1.165, 1.54) is 11.1 Å². The number of hydrogen-bond acceptors (Lipinski definition) is 6. The second-order valence-corrected chi connectivity index (χ2v) is 7.78. The minimum atomic E-state index is -0.0770. The van der Waals surface area contributed by atoms with Gasteiger partial charge in [-0.15, -0.1) is 0 Å². The van der Waals surface area contributed by atoms with Gasteiger partial charge >= 0.3 is 0 Å². The molecule has 7 heteroatoms. The van der Waals surface area contributed by atoms with E-state index in [9.17, 15) is 4.79 Å². The van der Waals surface area contributed by atoms with E-state index in [1.54, 1.807) is 6.07 Å². The first-order chi connectivity index (χ1) is 13.6. The third-order valence-corrected chi connectivity index (χ3v) is 5.42. The van der Waals surface area contributed by atoms with Gasteiger partial charge in [0, 0.05) is 32.2 Å². The van der Waals surface area contributed by atoms with Crippen LogP contribution in [-0.2, 0) is 11.3 Å². The Labute approximate surface area is 165 Å². The van der Waals surface area contributed by atoms with E-state index >= 15 is 0 Å². The van der Waals surface area contributed by atoms with Crippen LogP contribution < -0.4 is 4.90 Å². The van der Waals surface area contributed by atoms with Gasteiger partial charge in [-0.05, 0) is 38.1 Å². The third-order valence-electron chi connectivity index (χ3n) is 5.42. The van der Waals surface area contributed by atoms with Crippen molar-refractivity contribution >= 4 is 11.7 Å². The number of aromatic nitrogens is 1. The van der Waals surface area contributed by atoms with Crippen molar-refractivity contribution in [1.82, 2.24) is 15.0 Å². The predicted octanol–water partition coefficient (Wildman–Crippen LogP) is 2.55. The number of nitrogens with zero attached hydrogens (tertiary/aromatic N) is 4. The van der Waals surface area contributed by atoms with Gasteiger partial charge in [0.2, 0.25) is 5.76 Å². The molecule has 7 nitrogen and oxygen atoms in total. The lowest BCUT2D eigenvalue weighted by atomic mass is 10.0. The summed E-state index contributed by atoms with van der Waals surface area (Å²) in [5.41, 5.74) is 2.45. The van der Waals surface area contributed by atoms with Gasteiger partial charge in [-0.25, -0.2) is 0 Å². The summed E-state index contributed by atoms with van der Waals surface area (Å²) >= 11 is 0. The topological polar surface area (TPSA) is 62.0 Å². The second-order valence-electron chi connectivity index (χ2n) is 7.78. The highest BCUT2D eigenvalue weighted by Crippen LogP contribution is 2.33. The summed E-state index contributed by atoms with van der Waals surface area (Å²) in [6.45, 7) is 4.55. The Bertz CT molecular complexity index is 796. The van der Waals surface area contributed by atoms with Crippen LogP contribution in [0.1, 0.15) is 40.6 Å². The van der Waals surface area contributed by atoms with Crippen LogP contribution in [0.25, 0.3) is 0 Å². The minimum absolute atomic E-state index is 0.0770. The molecule has 4 rings (SSSR count). The lowest BCUT2D eigenvalue weighted by molar-refractivity contribution is 0.0693. The van der Waals surface area contributed by atoms with E-state index in [2.05, 4.69) is 53.3 Å². The average molecular weight is 384 g/mol. The molecule has 2 fully saturated rings. The Morgan fingerprint density at radius 3 is 2.64 bits per heavy atom. The third kappa shape index (κ3) is 4.05. The van der Waals surface area contributed by atoms with Crippen LogP contribution in [0.15, 0.2) is 34.9 Å². The molecule has 0 spiro atoms. The van der Waals surface area contributed by atoms with Crippen LogP contribution in [0.3, 0.4) is 0 Å². The number of amides is 1. The number of carbonyl (C=O) groups excluding carboxylic acids is 1. The maximum atomic E-state index is 13.1. The Balaban J connectivity index is 1.47. The number of likely N-dealkylation sites (tertiary alicyclic amines) is 1. The molecule has 28 heavy (non-hydrogen) atoms. The number of morpholine rings is 1. The van der Waals surface area contributed by atoms with E-state index in [-0.39, 0.29) is 11.9 Å². The molecule has 0 N–H and O–H groups in total. The Morgan fingerprint density at radius 1 is 1.18 bits per heavy atom. The van der Waals surface area contributed by atoms with Crippen molar-refractivity contribution in [3.05, 3.63) is 47.2 Å². The summed E-state index contributed by atoms with van der Waals surface area (Å²) in [7, 11) is 4.13. The van der Waals surface area contributed by atoms with Crippen molar-refractivity contribution in [2.24, 2.45) is 0 Å². The highest BCUT2D eigenvalue weighted by atomic mass is 16.5. The standard InChI is InChI=1S/C21H28N4O3/c1-23(2)15-16-5-7-17(8-6-16)18-4-3-9-25(18)21(26)19-14-20(22-28-19)24-10-12-27-13-11-24/h5-8,14,18H,3-4,9-13,15H2,1-2H3. The molecule has 1 amide bonds. The zero-order chi connectivity index (χ0) is 19.5. The van der Waals surface area contributed by atoms with Crippen LogP contribution >= 0.6 is 0 Å². The molecule has 2 aliphatic heterocycles. The van der Waals surface area contributed by atoms with E-state index in [1.807, 2.05) is 4.90 Å². The van der Waals surface area contributed by atoms with Gasteiger partial charge in [-0.2, -0.15) is 0 Å². The van der Waals surface area contributed by atoms with E-state index in [4.69, 9.17) is 9.26 Å². The van der Waals surface area contributed by atoms with Crippen LogP contribution in [0, 0.1) is 0 Å². The lowest BCUT2D eigenvalue weighted by Gasteiger charge is -2.26. The molecule has 1 unspecified atom stereocenters. The van der Waals surface area contributed by atoms with Crippen LogP contribution in [0.2, 0.25) is 0 Å². The molecule has 0 saturated carbocycles. The van der Waals surface area contributed by atoms with Crippen molar-refractivity contribution in [2.75, 3.05) is 51.8 Å². The molecule has 1 atom stereocenters. The lowest BCUT2D eigenvalue weighted by Crippen LogP contribution is -2.36. The Kier molecular flexibility index (Phi) is 5.64. The number of anilines is 1. The largest absolute Gasteiger partial charge is 0.378 e. The first-order valence-corrected chi connectivity index (χ1v) is 9.96. The number of carbonyl (C=O) groups is 1. The summed E-state index contributed by atoms with van der Waals surface area (Å²) in [5, 5.41) is 4.11.